The van der Waals surface area contributed by atoms with E-state index in [4.69, 9.17) is 9.47 Å². The minimum atomic E-state index is -0.213. The van der Waals surface area contributed by atoms with Gasteiger partial charge in [-0.05, 0) is 49.1 Å². The first-order valence-electron chi connectivity index (χ1n) is 9.85. The van der Waals surface area contributed by atoms with Crippen molar-refractivity contribution in [3.8, 4) is 22.8 Å². The van der Waals surface area contributed by atoms with Crippen LogP contribution in [0.4, 0.5) is 11.5 Å². The predicted molar refractivity (Wildman–Crippen MR) is 112 cm³/mol. The lowest BCUT2D eigenvalue weighted by atomic mass is 9.96. The highest BCUT2D eigenvalue weighted by Crippen LogP contribution is 2.41. The van der Waals surface area contributed by atoms with Gasteiger partial charge in [-0.1, -0.05) is 18.2 Å². The fourth-order valence-corrected chi connectivity index (χ4v) is 4.57. The Morgan fingerprint density at radius 2 is 1.79 bits per heavy atom. The van der Waals surface area contributed by atoms with Crippen molar-refractivity contribution < 1.29 is 9.47 Å². The predicted octanol–water partition coefficient (Wildman–Crippen LogP) is 3.57. The Morgan fingerprint density at radius 1 is 1.03 bits per heavy atom. The molecule has 5 rings (SSSR count). The van der Waals surface area contributed by atoms with Gasteiger partial charge in [-0.2, -0.15) is 4.98 Å². The summed E-state index contributed by atoms with van der Waals surface area (Å²) in [5.74, 6) is 2.06. The molecule has 0 bridgehead atoms. The zero-order valence-electron chi connectivity index (χ0n) is 16.8. The number of aromatic nitrogens is 2. The van der Waals surface area contributed by atoms with E-state index in [2.05, 4.69) is 35.0 Å². The number of nitrogens with zero attached hydrogens (tertiary/aromatic N) is 3. The van der Waals surface area contributed by atoms with Gasteiger partial charge in [0.05, 0.1) is 19.9 Å². The molecule has 148 valence electrons. The van der Waals surface area contributed by atoms with Crippen molar-refractivity contribution in [1.29, 1.82) is 0 Å². The Hall–Kier alpha value is -3.28. The second-order valence-electron chi connectivity index (χ2n) is 7.60. The van der Waals surface area contributed by atoms with Crippen molar-refractivity contribution in [2.75, 3.05) is 19.1 Å². The normalized spacial score (nSPS) is 16.8. The summed E-state index contributed by atoms with van der Waals surface area (Å²) in [5.41, 5.74) is 5.21. The van der Waals surface area contributed by atoms with E-state index >= 15 is 0 Å². The highest BCUT2D eigenvalue weighted by atomic mass is 16.5. The number of aryl methyl sites for hydroxylation is 1. The number of hydrogen-bond donors (Lipinski definition) is 0. The van der Waals surface area contributed by atoms with Crippen LogP contribution in [-0.4, -0.2) is 29.8 Å². The van der Waals surface area contributed by atoms with Gasteiger partial charge in [0.1, 0.15) is 5.82 Å². The van der Waals surface area contributed by atoms with E-state index in [0.717, 1.165) is 35.3 Å². The monoisotopic (exact) mass is 389 g/mol. The third kappa shape index (κ3) is 2.70. The van der Waals surface area contributed by atoms with E-state index in [0.29, 0.717) is 23.9 Å². The third-order valence-electron chi connectivity index (χ3n) is 5.94. The minimum absolute atomic E-state index is 0.213. The second kappa shape index (κ2) is 6.65. The molecule has 2 aromatic carbocycles. The smallest absolute Gasteiger partial charge is 0.350 e. The summed E-state index contributed by atoms with van der Waals surface area (Å²) in [6.45, 7) is 2.77. The van der Waals surface area contributed by atoms with E-state index in [1.165, 1.54) is 5.56 Å². The average molecular weight is 389 g/mol. The summed E-state index contributed by atoms with van der Waals surface area (Å²) in [6, 6.07) is 14.6. The first-order chi connectivity index (χ1) is 14.1. The van der Waals surface area contributed by atoms with Gasteiger partial charge in [0.25, 0.3) is 0 Å². The van der Waals surface area contributed by atoms with Crippen LogP contribution in [0.25, 0.3) is 11.3 Å². The van der Waals surface area contributed by atoms with Crippen LogP contribution < -0.4 is 20.1 Å². The molecule has 0 fully saturated rings. The molecule has 0 unspecified atom stereocenters. The van der Waals surface area contributed by atoms with Crippen molar-refractivity contribution >= 4 is 11.5 Å². The van der Waals surface area contributed by atoms with Crippen LogP contribution in [0.15, 0.2) is 47.3 Å². The van der Waals surface area contributed by atoms with Gasteiger partial charge in [0.15, 0.2) is 11.5 Å². The summed E-state index contributed by atoms with van der Waals surface area (Å²) in [5, 5.41) is 0. The largest absolute Gasteiger partial charge is 0.493 e. The minimum Gasteiger partial charge on any atom is -0.493 e. The van der Waals surface area contributed by atoms with Crippen molar-refractivity contribution in [2.24, 2.45) is 0 Å². The summed E-state index contributed by atoms with van der Waals surface area (Å²) >= 11 is 0. The Kier molecular flexibility index (Phi) is 4.08. The van der Waals surface area contributed by atoms with Crippen molar-refractivity contribution in [1.82, 2.24) is 9.55 Å². The number of anilines is 2. The highest BCUT2D eigenvalue weighted by Gasteiger charge is 2.30. The van der Waals surface area contributed by atoms with Crippen LogP contribution >= 0.6 is 0 Å². The standard InChI is InChI=1S/C23H23N3O3/c1-14-10-16-6-4-5-7-18(16)26(14)22-13-19-17-12-21(29-3)20(28-2)11-15(17)8-9-25(19)23(27)24-22/h4-7,11-14H,8-10H2,1-3H3/t14-/m0/s1. The van der Waals surface area contributed by atoms with Crippen molar-refractivity contribution in [3.63, 3.8) is 0 Å². The highest BCUT2D eigenvalue weighted by molar-refractivity contribution is 5.75. The molecule has 3 aromatic rings. The summed E-state index contributed by atoms with van der Waals surface area (Å²) < 4.78 is 12.7. The maximum absolute atomic E-state index is 12.9. The molecule has 29 heavy (non-hydrogen) atoms. The molecule has 0 aliphatic carbocycles. The topological polar surface area (TPSA) is 56.6 Å². The maximum atomic E-state index is 12.9. The van der Waals surface area contributed by atoms with Gasteiger partial charge in [-0.25, -0.2) is 4.79 Å². The van der Waals surface area contributed by atoms with E-state index in [9.17, 15) is 4.79 Å². The van der Waals surface area contributed by atoms with Gasteiger partial charge in [-0.15, -0.1) is 0 Å². The first-order valence-corrected chi connectivity index (χ1v) is 9.85. The van der Waals surface area contributed by atoms with Gasteiger partial charge in [0, 0.05) is 29.9 Å². The number of benzene rings is 2. The molecule has 3 heterocycles. The third-order valence-corrected chi connectivity index (χ3v) is 5.94. The van der Waals surface area contributed by atoms with Gasteiger partial charge in [-0.3, -0.25) is 4.57 Å². The maximum Gasteiger partial charge on any atom is 0.350 e. The molecule has 2 aliphatic rings. The molecule has 6 nitrogen and oxygen atoms in total. The van der Waals surface area contributed by atoms with E-state index in [1.807, 2.05) is 24.3 Å². The van der Waals surface area contributed by atoms with Crippen LogP contribution in [0.3, 0.4) is 0 Å². The molecular formula is C23H23N3O3. The molecule has 0 saturated heterocycles. The number of fused-ring (bicyclic) bond motifs is 4. The average Bonchev–Trinajstić information content (AvgIpc) is 3.08. The van der Waals surface area contributed by atoms with Crippen LogP contribution in [0.2, 0.25) is 0 Å². The van der Waals surface area contributed by atoms with E-state index < -0.39 is 0 Å². The van der Waals surface area contributed by atoms with Crippen molar-refractivity contribution in [2.45, 2.75) is 32.4 Å². The quantitative estimate of drug-likeness (QED) is 0.686. The molecule has 1 aromatic heterocycles. The Morgan fingerprint density at radius 3 is 2.59 bits per heavy atom. The molecule has 0 N–H and O–H groups in total. The van der Waals surface area contributed by atoms with Crippen LogP contribution in [0, 0.1) is 0 Å². The Bertz CT molecular complexity index is 1170. The van der Waals surface area contributed by atoms with Crippen LogP contribution in [0.1, 0.15) is 18.1 Å². The summed E-state index contributed by atoms with van der Waals surface area (Å²) in [4.78, 5) is 19.5. The first kappa shape index (κ1) is 17.8. The zero-order chi connectivity index (χ0) is 20.1. The number of rotatable bonds is 3. The number of hydrogen-bond acceptors (Lipinski definition) is 5. The molecule has 1 atom stereocenters. The van der Waals surface area contributed by atoms with E-state index in [1.54, 1.807) is 18.8 Å². The lowest BCUT2D eigenvalue weighted by Crippen LogP contribution is -2.32. The van der Waals surface area contributed by atoms with Crippen LogP contribution in [0.5, 0.6) is 11.5 Å². The fraction of sp³-hybridized carbons (Fsp3) is 0.304. The zero-order valence-corrected chi connectivity index (χ0v) is 16.8. The lowest BCUT2D eigenvalue weighted by Gasteiger charge is -2.27. The molecular weight excluding hydrogens is 366 g/mol. The Balaban J connectivity index is 1.69. The molecule has 0 amide bonds. The lowest BCUT2D eigenvalue weighted by molar-refractivity contribution is 0.354. The van der Waals surface area contributed by atoms with Gasteiger partial charge in [0.2, 0.25) is 0 Å². The second-order valence-corrected chi connectivity index (χ2v) is 7.60. The van der Waals surface area contributed by atoms with Crippen LogP contribution in [-0.2, 0) is 19.4 Å². The van der Waals surface area contributed by atoms with Crippen molar-refractivity contribution in [3.05, 3.63) is 64.1 Å². The fourth-order valence-electron chi connectivity index (χ4n) is 4.57. The van der Waals surface area contributed by atoms with Gasteiger partial charge < -0.3 is 14.4 Å². The number of methoxy groups -OCH3 is 2. The molecule has 0 saturated carbocycles. The number of para-hydroxylation sites is 1. The molecule has 2 aliphatic heterocycles. The number of ether oxygens (including phenoxy) is 2. The Labute approximate surface area is 169 Å². The molecule has 6 heteroatoms. The summed E-state index contributed by atoms with van der Waals surface area (Å²) in [6.07, 6.45) is 1.70. The van der Waals surface area contributed by atoms with Gasteiger partial charge >= 0.3 is 5.69 Å². The molecule has 0 radical (unpaired) electrons. The molecule has 0 spiro atoms. The van der Waals surface area contributed by atoms with E-state index in [-0.39, 0.29) is 11.7 Å². The SMILES string of the molecule is COc1cc2c(cc1OC)-c1cc(N3c4ccccc4C[C@@H]3C)nc(=O)n1CC2. The summed E-state index contributed by atoms with van der Waals surface area (Å²) in [7, 11) is 3.26.